The molecule has 3 heterocycles. The summed E-state index contributed by atoms with van der Waals surface area (Å²) in [5.41, 5.74) is 0.211. The Morgan fingerprint density at radius 2 is 2.00 bits per heavy atom. The Kier molecular flexibility index (Phi) is 5.86. The van der Waals surface area contributed by atoms with Crippen molar-refractivity contribution in [2.75, 3.05) is 39.4 Å². The van der Waals surface area contributed by atoms with Crippen molar-refractivity contribution in [3.8, 4) is 0 Å². The van der Waals surface area contributed by atoms with Crippen LogP contribution in [-0.4, -0.2) is 70.9 Å². The van der Waals surface area contributed by atoms with Gasteiger partial charge in [0.2, 0.25) is 0 Å². The monoisotopic (exact) mass is 348 g/mol. The fourth-order valence-electron chi connectivity index (χ4n) is 3.84. The minimum Gasteiger partial charge on any atom is -0.379 e. The second-order valence-corrected chi connectivity index (χ2v) is 6.87. The third-order valence-electron chi connectivity index (χ3n) is 5.25. The van der Waals surface area contributed by atoms with Crippen molar-refractivity contribution in [2.24, 2.45) is 5.92 Å². The van der Waals surface area contributed by atoms with E-state index in [-0.39, 0.29) is 11.5 Å². The first kappa shape index (κ1) is 18.1. The zero-order valence-corrected chi connectivity index (χ0v) is 15.2. The van der Waals surface area contributed by atoms with Crippen molar-refractivity contribution in [2.45, 2.75) is 39.3 Å². The lowest BCUT2D eigenvalue weighted by molar-refractivity contribution is 0.0102. The molecule has 138 valence electrons. The van der Waals surface area contributed by atoms with Crippen LogP contribution in [-0.2, 0) is 11.3 Å². The Bertz CT molecular complexity index is 654. The highest BCUT2D eigenvalue weighted by Crippen LogP contribution is 2.26. The number of hydrogen-bond acceptors (Lipinski definition) is 5. The molecule has 0 aromatic carbocycles. The van der Waals surface area contributed by atoms with Gasteiger partial charge in [0.25, 0.3) is 11.5 Å². The molecule has 0 aliphatic carbocycles. The Morgan fingerprint density at radius 1 is 1.24 bits per heavy atom. The van der Waals surface area contributed by atoms with E-state index in [0.717, 1.165) is 52.2 Å². The van der Waals surface area contributed by atoms with Gasteiger partial charge in [-0.1, -0.05) is 20.3 Å². The van der Waals surface area contributed by atoms with Crippen molar-refractivity contribution in [3.63, 3.8) is 0 Å². The van der Waals surface area contributed by atoms with Gasteiger partial charge >= 0.3 is 0 Å². The van der Waals surface area contributed by atoms with Gasteiger partial charge in [-0.15, -0.1) is 0 Å². The number of morpholine rings is 1. The Hall–Kier alpha value is -1.73. The fraction of sp³-hybridized carbons (Fsp3) is 0.722. The third kappa shape index (κ3) is 3.93. The normalized spacial score (nSPS) is 24.6. The summed E-state index contributed by atoms with van der Waals surface area (Å²) >= 11 is 0. The van der Waals surface area contributed by atoms with Gasteiger partial charge in [0.15, 0.2) is 0 Å². The molecular weight excluding hydrogens is 320 g/mol. The van der Waals surface area contributed by atoms with Crippen LogP contribution >= 0.6 is 0 Å². The van der Waals surface area contributed by atoms with Crippen molar-refractivity contribution >= 4 is 5.91 Å². The standard InChI is InChI=1S/C18H28N4O3/c1-3-7-22-17(23)6-5-15(19-22)18(24)21-12-14(4-2)16(13-21)20-8-10-25-11-9-20/h5-6,14,16H,3-4,7-13H2,1-2H3/t14-,16-/m0/s1. The van der Waals surface area contributed by atoms with Gasteiger partial charge < -0.3 is 9.64 Å². The first-order valence-electron chi connectivity index (χ1n) is 9.33. The highest BCUT2D eigenvalue weighted by atomic mass is 16.5. The van der Waals surface area contributed by atoms with Crippen LogP contribution < -0.4 is 5.56 Å². The van der Waals surface area contributed by atoms with Crippen molar-refractivity contribution in [1.29, 1.82) is 0 Å². The van der Waals surface area contributed by atoms with Crippen LogP contribution in [0.25, 0.3) is 0 Å². The van der Waals surface area contributed by atoms with Gasteiger partial charge in [-0.05, 0) is 18.4 Å². The van der Waals surface area contributed by atoms with E-state index in [0.29, 0.717) is 24.2 Å². The molecule has 0 saturated carbocycles. The van der Waals surface area contributed by atoms with Gasteiger partial charge in [-0.3, -0.25) is 14.5 Å². The molecule has 1 aromatic heterocycles. The number of ether oxygens (including phenoxy) is 1. The number of likely N-dealkylation sites (tertiary alicyclic amines) is 1. The predicted octanol–water partition coefficient (Wildman–Crippen LogP) is 0.836. The van der Waals surface area contributed by atoms with Crippen LogP contribution in [0.3, 0.4) is 0 Å². The topological polar surface area (TPSA) is 67.7 Å². The van der Waals surface area contributed by atoms with E-state index in [1.54, 1.807) is 6.07 Å². The van der Waals surface area contributed by atoms with Crippen molar-refractivity contribution < 1.29 is 9.53 Å². The maximum Gasteiger partial charge on any atom is 0.274 e. The quantitative estimate of drug-likeness (QED) is 0.789. The number of aromatic nitrogens is 2. The number of carbonyl (C=O) groups excluding carboxylic acids is 1. The Labute approximate surface area is 148 Å². The first-order valence-corrected chi connectivity index (χ1v) is 9.33. The van der Waals surface area contributed by atoms with Crippen molar-refractivity contribution in [3.05, 3.63) is 28.2 Å². The summed E-state index contributed by atoms with van der Waals surface area (Å²) in [5.74, 6) is 0.405. The van der Waals surface area contributed by atoms with E-state index >= 15 is 0 Å². The summed E-state index contributed by atoms with van der Waals surface area (Å²) in [6.07, 6.45) is 1.86. The minimum atomic E-state index is -0.155. The molecule has 2 atom stereocenters. The lowest BCUT2D eigenvalue weighted by Gasteiger charge is -2.34. The second kappa shape index (κ2) is 8.10. The number of rotatable bonds is 5. The summed E-state index contributed by atoms with van der Waals surface area (Å²) < 4.78 is 6.84. The molecule has 1 aromatic rings. The molecule has 0 spiro atoms. The summed E-state index contributed by atoms with van der Waals surface area (Å²) in [7, 11) is 0. The van der Waals surface area contributed by atoms with Crippen LogP contribution in [0.4, 0.5) is 0 Å². The van der Waals surface area contributed by atoms with Crippen LogP contribution in [0, 0.1) is 5.92 Å². The maximum absolute atomic E-state index is 12.9. The summed E-state index contributed by atoms with van der Waals surface area (Å²) in [6, 6.07) is 3.39. The highest BCUT2D eigenvalue weighted by molar-refractivity contribution is 5.92. The molecule has 2 aliphatic rings. The molecule has 0 bridgehead atoms. The first-order chi connectivity index (χ1) is 12.1. The van der Waals surface area contributed by atoms with E-state index in [1.165, 1.54) is 10.7 Å². The van der Waals surface area contributed by atoms with E-state index in [1.807, 2.05) is 11.8 Å². The van der Waals surface area contributed by atoms with Crippen LogP contribution in [0.1, 0.15) is 37.2 Å². The van der Waals surface area contributed by atoms with E-state index in [2.05, 4.69) is 16.9 Å². The zero-order valence-electron chi connectivity index (χ0n) is 15.2. The smallest absolute Gasteiger partial charge is 0.274 e. The summed E-state index contributed by atoms with van der Waals surface area (Å²) in [4.78, 5) is 29.1. The number of hydrogen-bond donors (Lipinski definition) is 0. The second-order valence-electron chi connectivity index (χ2n) is 6.87. The molecule has 3 rings (SSSR count). The van der Waals surface area contributed by atoms with Gasteiger partial charge in [-0.2, -0.15) is 5.10 Å². The molecule has 1 amide bonds. The van der Waals surface area contributed by atoms with Gasteiger partial charge in [0.1, 0.15) is 5.69 Å². The number of nitrogens with zero attached hydrogens (tertiary/aromatic N) is 4. The lowest BCUT2D eigenvalue weighted by atomic mass is 9.99. The molecule has 0 N–H and O–H groups in total. The Balaban J connectivity index is 1.74. The summed E-state index contributed by atoms with van der Waals surface area (Å²) in [5, 5.41) is 4.27. The fourth-order valence-corrected chi connectivity index (χ4v) is 3.84. The number of amides is 1. The average Bonchev–Trinajstić information content (AvgIpc) is 3.08. The molecule has 2 fully saturated rings. The molecule has 7 heteroatoms. The van der Waals surface area contributed by atoms with E-state index in [4.69, 9.17) is 4.74 Å². The van der Waals surface area contributed by atoms with Gasteiger partial charge in [0.05, 0.1) is 13.2 Å². The zero-order chi connectivity index (χ0) is 17.8. The molecule has 7 nitrogen and oxygen atoms in total. The Morgan fingerprint density at radius 3 is 2.68 bits per heavy atom. The summed E-state index contributed by atoms with van der Waals surface area (Å²) in [6.45, 7) is 9.60. The minimum absolute atomic E-state index is 0.0703. The predicted molar refractivity (Wildman–Crippen MR) is 94.7 cm³/mol. The van der Waals surface area contributed by atoms with Gasteiger partial charge in [-0.25, -0.2) is 4.68 Å². The molecule has 25 heavy (non-hydrogen) atoms. The average molecular weight is 348 g/mol. The molecule has 0 radical (unpaired) electrons. The van der Waals surface area contributed by atoms with Crippen LogP contribution in [0.15, 0.2) is 16.9 Å². The van der Waals surface area contributed by atoms with Gasteiger partial charge in [0, 0.05) is 44.8 Å². The highest BCUT2D eigenvalue weighted by Gasteiger charge is 2.38. The molecular formula is C18H28N4O3. The SMILES string of the molecule is CCCn1nc(C(=O)N2C[C@H](CC)[C@@H](N3CCOCC3)C2)ccc1=O. The number of aryl methyl sites for hydroxylation is 1. The third-order valence-corrected chi connectivity index (χ3v) is 5.25. The largest absolute Gasteiger partial charge is 0.379 e. The molecule has 2 aliphatic heterocycles. The van der Waals surface area contributed by atoms with E-state index in [9.17, 15) is 9.59 Å². The maximum atomic E-state index is 12.9. The molecule has 2 saturated heterocycles. The van der Waals surface area contributed by atoms with E-state index < -0.39 is 0 Å². The van der Waals surface area contributed by atoms with Crippen LogP contribution in [0.5, 0.6) is 0 Å². The van der Waals surface area contributed by atoms with Crippen LogP contribution in [0.2, 0.25) is 0 Å². The van der Waals surface area contributed by atoms with Crippen molar-refractivity contribution in [1.82, 2.24) is 19.6 Å². The number of carbonyl (C=O) groups is 1. The molecule has 0 unspecified atom stereocenters. The lowest BCUT2D eigenvalue weighted by Crippen LogP contribution is -2.47.